The number of aromatic carboxylic acids is 1. The van der Waals surface area contributed by atoms with E-state index in [2.05, 4.69) is 26.2 Å². The second-order valence-electron chi connectivity index (χ2n) is 3.67. The van der Waals surface area contributed by atoms with Crippen molar-refractivity contribution in [3.8, 4) is 0 Å². The maximum Gasteiger partial charge on any atom is 0.338 e. The number of carboxylic acid groups (broad SMARTS) is 1. The number of carboxylic acids is 1. The van der Waals surface area contributed by atoms with Gasteiger partial charge >= 0.3 is 5.97 Å². The lowest BCUT2D eigenvalue weighted by atomic mass is 10.2. The molecule has 1 heterocycles. The Morgan fingerprint density at radius 1 is 1.56 bits per heavy atom. The lowest BCUT2D eigenvalue weighted by Gasteiger charge is -2.09. The molecule has 0 unspecified atom stereocenters. The Bertz CT molecular complexity index is 583. The third-order valence-electron chi connectivity index (χ3n) is 2.35. The summed E-state index contributed by atoms with van der Waals surface area (Å²) in [6.07, 6.45) is 1.80. The van der Waals surface area contributed by atoms with Crippen LogP contribution in [0.2, 0.25) is 0 Å². The average Bonchev–Trinajstić information content (AvgIpc) is 2.72. The zero-order chi connectivity index (χ0) is 13.1. The molecule has 0 bridgehead atoms. The molecule has 0 saturated carbocycles. The predicted molar refractivity (Wildman–Crippen MR) is 75.3 cm³/mol. The molecule has 0 radical (unpaired) electrons. The fraction of sp³-hybridized carbons (Fsp3) is 0.167. The van der Waals surface area contributed by atoms with Crippen LogP contribution in [0.3, 0.4) is 0 Å². The highest BCUT2D eigenvalue weighted by Gasteiger charge is 2.13. The zero-order valence-corrected chi connectivity index (χ0v) is 12.0. The third kappa shape index (κ3) is 2.88. The van der Waals surface area contributed by atoms with Crippen molar-refractivity contribution in [1.29, 1.82) is 0 Å². The van der Waals surface area contributed by atoms with Crippen LogP contribution in [0, 0.1) is 6.92 Å². The molecule has 18 heavy (non-hydrogen) atoms. The number of thiazole rings is 1. The summed E-state index contributed by atoms with van der Waals surface area (Å²) in [5.74, 6) is -0.953. The summed E-state index contributed by atoms with van der Waals surface area (Å²) in [6, 6.07) is 5.27. The lowest BCUT2D eigenvalue weighted by Crippen LogP contribution is -2.06. The summed E-state index contributed by atoms with van der Waals surface area (Å²) >= 11 is 4.84. The van der Waals surface area contributed by atoms with Crippen LogP contribution < -0.4 is 5.32 Å². The number of halogens is 1. The number of aryl methyl sites for hydroxylation is 1. The van der Waals surface area contributed by atoms with E-state index >= 15 is 0 Å². The number of benzene rings is 1. The molecule has 2 aromatic rings. The first-order valence-corrected chi connectivity index (χ1v) is 6.86. The van der Waals surface area contributed by atoms with Gasteiger partial charge in [0.25, 0.3) is 0 Å². The Kier molecular flexibility index (Phi) is 3.98. The van der Waals surface area contributed by atoms with Crippen LogP contribution in [0.15, 0.2) is 28.9 Å². The number of nitrogens with zero attached hydrogens (tertiary/aromatic N) is 1. The molecule has 0 aliphatic heterocycles. The van der Waals surface area contributed by atoms with Crippen molar-refractivity contribution in [3.63, 3.8) is 0 Å². The van der Waals surface area contributed by atoms with Crippen molar-refractivity contribution in [2.24, 2.45) is 0 Å². The summed E-state index contributed by atoms with van der Waals surface area (Å²) in [5, 5.41) is 13.3. The molecule has 4 nitrogen and oxygen atoms in total. The molecule has 0 aliphatic rings. The number of hydrogen-bond acceptors (Lipinski definition) is 4. The van der Waals surface area contributed by atoms with Crippen molar-refractivity contribution in [2.75, 3.05) is 5.32 Å². The van der Waals surface area contributed by atoms with Crippen LogP contribution in [-0.2, 0) is 6.54 Å². The summed E-state index contributed by atoms with van der Waals surface area (Å²) in [5.41, 5.74) is 0.849. The summed E-state index contributed by atoms with van der Waals surface area (Å²) in [4.78, 5) is 16.4. The standard InChI is InChI=1S/C12H11BrN2O2S/c1-7-14-5-8(18-7)6-15-10-4-2-3-9(13)11(10)12(16)17/h2-5,15H,6H2,1H3,(H,16,17). The van der Waals surface area contributed by atoms with Crippen molar-refractivity contribution >= 4 is 38.9 Å². The fourth-order valence-corrected chi connectivity index (χ4v) is 2.83. The first-order chi connectivity index (χ1) is 8.58. The Balaban J connectivity index is 2.19. The number of anilines is 1. The minimum Gasteiger partial charge on any atom is -0.478 e. The largest absolute Gasteiger partial charge is 0.478 e. The number of hydrogen-bond donors (Lipinski definition) is 2. The van der Waals surface area contributed by atoms with Gasteiger partial charge in [0.1, 0.15) is 0 Å². The monoisotopic (exact) mass is 326 g/mol. The Labute approximate surface area is 117 Å². The van der Waals surface area contributed by atoms with E-state index < -0.39 is 5.97 Å². The van der Waals surface area contributed by atoms with Crippen molar-refractivity contribution in [3.05, 3.63) is 44.3 Å². The minimum atomic E-state index is -0.953. The van der Waals surface area contributed by atoms with Gasteiger partial charge in [-0.2, -0.15) is 0 Å². The highest BCUT2D eigenvalue weighted by atomic mass is 79.9. The van der Waals surface area contributed by atoms with Crippen molar-refractivity contribution in [2.45, 2.75) is 13.5 Å². The molecule has 0 saturated heterocycles. The number of nitrogens with one attached hydrogen (secondary N) is 1. The Morgan fingerprint density at radius 3 is 2.94 bits per heavy atom. The smallest absolute Gasteiger partial charge is 0.338 e. The van der Waals surface area contributed by atoms with Gasteiger partial charge in [0.15, 0.2) is 0 Å². The second-order valence-corrected chi connectivity index (χ2v) is 5.84. The van der Waals surface area contributed by atoms with E-state index in [1.54, 1.807) is 35.7 Å². The molecule has 94 valence electrons. The molecular formula is C12H11BrN2O2S. The first-order valence-electron chi connectivity index (χ1n) is 5.25. The molecule has 1 aromatic heterocycles. The van der Waals surface area contributed by atoms with Crippen molar-refractivity contribution in [1.82, 2.24) is 4.98 Å². The summed E-state index contributed by atoms with van der Waals surface area (Å²) < 4.78 is 0.570. The first kappa shape index (κ1) is 13.0. The van der Waals surface area contributed by atoms with Gasteiger partial charge in [-0.05, 0) is 35.0 Å². The quantitative estimate of drug-likeness (QED) is 0.902. The van der Waals surface area contributed by atoms with Gasteiger partial charge in [0, 0.05) is 15.5 Å². The molecule has 6 heteroatoms. The number of aromatic nitrogens is 1. The van der Waals surface area contributed by atoms with Crippen LogP contribution in [0.5, 0.6) is 0 Å². The zero-order valence-electron chi connectivity index (χ0n) is 9.61. The molecular weight excluding hydrogens is 316 g/mol. The minimum absolute atomic E-state index is 0.249. The highest BCUT2D eigenvalue weighted by Crippen LogP contribution is 2.25. The van der Waals surface area contributed by atoms with Crippen molar-refractivity contribution < 1.29 is 9.90 Å². The van der Waals surface area contributed by atoms with Gasteiger partial charge in [-0.25, -0.2) is 9.78 Å². The van der Waals surface area contributed by atoms with E-state index in [9.17, 15) is 4.79 Å². The third-order valence-corrected chi connectivity index (χ3v) is 3.92. The van der Waals surface area contributed by atoms with Crippen LogP contribution in [0.25, 0.3) is 0 Å². The molecule has 0 amide bonds. The lowest BCUT2D eigenvalue weighted by molar-refractivity contribution is 0.0697. The second kappa shape index (κ2) is 5.49. The molecule has 1 aromatic carbocycles. The molecule has 0 spiro atoms. The Morgan fingerprint density at radius 2 is 2.33 bits per heavy atom. The van der Waals surface area contributed by atoms with Gasteiger partial charge in [0.05, 0.1) is 22.8 Å². The molecule has 2 rings (SSSR count). The molecule has 0 fully saturated rings. The maximum absolute atomic E-state index is 11.2. The van der Waals surface area contributed by atoms with Crippen LogP contribution in [0.1, 0.15) is 20.2 Å². The SMILES string of the molecule is Cc1ncc(CNc2cccc(Br)c2C(=O)O)s1. The molecule has 2 N–H and O–H groups in total. The van der Waals surface area contributed by atoms with Crippen LogP contribution >= 0.6 is 27.3 Å². The predicted octanol–water partition coefficient (Wildman–Crippen LogP) is 3.52. The van der Waals surface area contributed by atoms with E-state index in [1.165, 1.54) is 0 Å². The maximum atomic E-state index is 11.2. The van der Waals surface area contributed by atoms with Gasteiger partial charge < -0.3 is 10.4 Å². The highest BCUT2D eigenvalue weighted by molar-refractivity contribution is 9.10. The van der Waals surface area contributed by atoms with Gasteiger partial charge in [0.2, 0.25) is 0 Å². The van der Waals surface area contributed by atoms with E-state index in [-0.39, 0.29) is 5.56 Å². The van der Waals surface area contributed by atoms with Gasteiger partial charge in [-0.3, -0.25) is 0 Å². The normalized spacial score (nSPS) is 10.3. The number of rotatable bonds is 4. The molecule has 0 atom stereocenters. The van der Waals surface area contributed by atoms with E-state index in [0.29, 0.717) is 16.7 Å². The average molecular weight is 327 g/mol. The topological polar surface area (TPSA) is 62.2 Å². The van der Waals surface area contributed by atoms with Gasteiger partial charge in [-0.15, -0.1) is 11.3 Å². The fourth-order valence-electron chi connectivity index (χ4n) is 1.56. The van der Waals surface area contributed by atoms with Crippen LogP contribution in [-0.4, -0.2) is 16.1 Å². The number of carbonyl (C=O) groups is 1. The van der Waals surface area contributed by atoms with E-state index in [0.717, 1.165) is 9.88 Å². The van der Waals surface area contributed by atoms with E-state index in [1.807, 2.05) is 6.92 Å². The summed E-state index contributed by atoms with van der Waals surface area (Å²) in [6.45, 7) is 2.51. The Hall–Kier alpha value is -1.40. The van der Waals surface area contributed by atoms with Gasteiger partial charge in [-0.1, -0.05) is 6.07 Å². The van der Waals surface area contributed by atoms with Crippen LogP contribution in [0.4, 0.5) is 5.69 Å². The molecule has 0 aliphatic carbocycles. The summed E-state index contributed by atoms with van der Waals surface area (Å²) in [7, 11) is 0. The van der Waals surface area contributed by atoms with E-state index in [4.69, 9.17) is 5.11 Å².